The molecule has 1 aromatic heterocycles. The molecule has 0 spiro atoms. The lowest BCUT2D eigenvalue weighted by Crippen LogP contribution is -2.14. The van der Waals surface area contributed by atoms with Crippen LogP contribution in [-0.4, -0.2) is 38.7 Å². The fourth-order valence-corrected chi connectivity index (χ4v) is 5.61. The maximum atomic E-state index is 13.3. The molecule has 0 radical (unpaired) electrons. The van der Waals surface area contributed by atoms with Gasteiger partial charge in [0.1, 0.15) is 0 Å². The molecule has 0 atom stereocenters. The molecule has 0 aliphatic carbocycles. The van der Waals surface area contributed by atoms with Crippen LogP contribution >= 0.6 is 27.3 Å². The third kappa shape index (κ3) is 5.02. The van der Waals surface area contributed by atoms with Gasteiger partial charge in [0.25, 0.3) is 10.0 Å². The summed E-state index contributed by atoms with van der Waals surface area (Å²) in [6, 6.07) is 17.9. The first-order valence-electron chi connectivity index (χ1n) is 9.92. The number of amides is 1. The van der Waals surface area contributed by atoms with Crippen molar-refractivity contribution in [2.24, 2.45) is 0 Å². The third-order valence-corrected chi connectivity index (χ3v) is 7.62. The summed E-state index contributed by atoms with van der Waals surface area (Å²) in [6.45, 7) is 0. The first-order valence-corrected chi connectivity index (χ1v) is 13.4. The van der Waals surface area contributed by atoms with Crippen LogP contribution in [0.25, 0.3) is 22.0 Å². The molecule has 10 heteroatoms. The van der Waals surface area contributed by atoms with Crippen molar-refractivity contribution in [1.29, 1.82) is 0 Å². The van der Waals surface area contributed by atoms with E-state index in [9.17, 15) is 13.2 Å². The SMILES string of the molecule is CN(C)c1cccc2c(S(=O)(=O)Nc3cccc(-c4csc(NC(=O)CBr)n4)c3)cccc12. The number of thiazole rings is 1. The van der Waals surface area contributed by atoms with Gasteiger partial charge in [-0.15, -0.1) is 11.3 Å². The largest absolute Gasteiger partial charge is 0.377 e. The molecule has 0 saturated carbocycles. The lowest BCUT2D eigenvalue weighted by atomic mass is 10.1. The zero-order chi connectivity index (χ0) is 23.6. The molecule has 0 aliphatic rings. The predicted octanol–water partition coefficient (Wildman–Crippen LogP) is 5.16. The Labute approximate surface area is 204 Å². The van der Waals surface area contributed by atoms with Crippen LogP contribution < -0.4 is 14.9 Å². The van der Waals surface area contributed by atoms with Gasteiger partial charge in [0.2, 0.25) is 5.91 Å². The lowest BCUT2D eigenvalue weighted by Gasteiger charge is -2.17. The fraction of sp³-hybridized carbons (Fsp3) is 0.130. The van der Waals surface area contributed by atoms with E-state index < -0.39 is 10.0 Å². The average molecular weight is 545 g/mol. The van der Waals surface area contributed by atoms with Gasteiger partial charge in [-0.3, -0.25) is 9.52 Å². The molecular weight excluding hydrogens is 524 g/mol. The van der Waals surface area contributed by atoms with Crippen molar-refractivity contribution >= 4 is 70.5 Å². The van der Waals surface area contributed by atoms with E-state index in [1.165, 1.54) is 11.3 Å². The fourth-order valence-electron chi connectivity index (χ4n) is 3.46. The summed E-state index contributed by atoms with van der Waals surface area (Å²) in [6.07, 6.45) is 0. The monoisotopic (exact) mass is 544 g/mol. The van der Waals surface area contributed by atoms with Crippen molar-refractivity contribution in [1.82, 2.24) is 4.98 Å². The normalized spacial score (nSPS) is 11.4. The lowest BCUT2D eigenvalue weighted by molar-refractivity contribution is -0.113. The first kappa shape index (κ1) is 23.2. The van der Waals surface area contributed by atoms with E-state index in [2.05, 4.69) is 31.0 Å². The number of carbonyl (C=O) groups excluding carboxylic acids is 1. The van der Waals surface area contributed by atoms with Crippen molar-refractivity contribution in [2.75, 3.05) is 34.4 Å². The number of carbonyl (C=O) groups is 1. The quantitative estimate of drug-likeness (QED) is 0.313. The maximum absolute atomic E-state index is 13.3. The smallest absolute Gasteiger partial charge is 0.262 e. The van der Waals surface area contributed by atoms with Crippen LogP contribution in [0, 0.1) is 0 Å². The molecule has 33 heavy (non-hydrogen) atoms. The zero-order valence-electron chi connectivity index (χ0n) is 17.9. The van der Waals surface area contributed by atoms with E-state index in [4.69, 9.17) is 0 Å². The van der Waals surface area contributed by atoms with Gasteiger partial charge in [0, 0.05) is 47.2 Å². The van der Waals surface area contributed by atoms with E-state index in [1.807, 2.05) is 54.7 Å². The Kier molecular flexibility index (Phi) is 6.68. The van der Waals surface area contributed by atoms with Crippen molar-refractivity contribution in [2.45, 2.75) is 4.90 Å². The predicted molar refractivity (Wildman–Crippen MR) is 139 cm³/mol. The number of anilines is 3. The Morgan fingerprint density at radius 2 is 1.79 bits per heavy atom. The Hall–Kier alpha value is -2.95. The second kappa shape index (κ2) is 9.50. The number of rotatable bonds is 7. The number of benzene rings is 3. The van der Waals surface area contributed by atoms with Crippen LogP contribution in [0.15, 0.2) is 70.9 Å². The number of aromatic nitrogens is 1. The summed E-state index contributed by atoms with van der Waals surface area (Å²) >= 11 is 4.41. The Morgan fingerprint density at radius 3 is 2.55 bits per heavy atom. The molecule has 3 aromatic carbocycles. The summed E-state index contributed by atoms with van der Waals surface area (Å²) in [7, 11) is 0.00709. The van der Waals surface area contributed by atoms with E-state index >= 15 is 0 Å². The molecule has 0 aliphatic heterocycles. The Bertz CT molecular complexity index is 1430. The molecule has 0 unspecified atom stereocenters. The van der Waals surface area contributed by atoms with Crippen LogP contribution in [0.4, 0.5) is 16.5 Å². The van der Waals surface area contributed by atoms with Crippen molar-refractivity contribution in [3.63, 3.8) is 0 Å². The second-order valence-corrected chi connectivity index (χ2v) is 10.5. The highest BCUT2D eigenvalue weighted by atomic mass is 79.9. The van der Waals surface area contributed by atoms with Crippen molar-refractivity contribution in [3.05, 3.63) is 66.0 Å². The van der Waals surface area contributed by atoms with Crippen molar-refractivity contribution in [3.8, 4) is 11.3 Å². The minimum Gasteiger partial charge on any atom is -0.377 e. The molecule has 4 rings (SSSR count). The minimum atomic E-state index is -3.84. The highest BCUT2D eigenvalue weighted by molar-refractivity contribution is 9.09. The van der Waals surface area contributed by atoms with Gasteiger partial charge in [0.05, 0.1) is 15.9 Å². The van der Waals surface area contributed by atoms with Gasteiger partial charge in [0.15, 0.2) is 5.13 Å². The van der Waals surface area contributed by atoms with Crippen LogP contribution in [0.2, 0.25) is 0 Å². The van der Waals surface area contributed by atoms with Gasteiger partial charge < -0.3 is 10.2 Å². The van der Waals surface area contributed by atoms with Gasteiger partial charge in [-0.2, -0.15) is 0 Å². The van der Waals surface area contributed by atoms with Gasteiger partial charge >= 0.3 is 0 Å². The molecule has 7 nitrogen and oxygen atoms in total. The second-order valence-electron chi connectivity index (χ2n) is 7.43. The molecule has 170 valence electrons. The summed E-state index contributed by atoms with van der Waals surface area (Å²) in [4.78, 5) is 18.1. The molecule has 4 aromatic rings. The summed E-state index contributed by atoms with van der Waals surface area (Å²) in [5, 5.41) is 6.68. The first-order chi connectivity index (χ1) is 15.8. The highest BCUT2D eigenvalue weighted by Crippen LogP contribution is 2.32. The van der Waals surface area contributed by atoms with Crippen LogP contribution in [-0.2, 0) is 14.8 Å². The molecule has 0 bridgehead atoms. The number of halogens is 1. The zero-order valence-corrected chi connectivity index (χ0v) is 21.1. The summed E-state index contributed by atoms with van der Waals surface area (Å²) < 4.78 is 29.3. The third-order valence-electron chi connectivity index (χ3n) is 4.91. The number of sulfonamides is 1. The van der Waals surface area contributed by atoms with E-state index in [0.717, 1.165) is 16.6 Å². The molecule has 1 heterocycles. The number of hydrogen-bond donors (Lipinski definition) is 2. The summed E-state index contributed by atoms with van der Waals surface area (Å²) in [5.41, 5.74) is 2.75. The molecule has 0 saturated heterocycles. The Balaban J connectivity index is 1.65. The van der Waals surface area contributed by atoms with Crippen LogP contribution in [0.1, 0.15) is 0 Å². The van der Waals surface area contributed by atoms with Crippen LogP contribution in [0.5, 0.6) is 0 Å². The molecule has 2 N–H and O–H groups in total. The average Bonchev–Trinajstić information content (AvgIpc) is 3.26. The summed E-state index contributed by atoms with van der Waals surface area (Å²) in [5.74, 6) is -0.190. The Morgan fingerprint density at radius 1 is 1.06 bits per heavy atom. The number of hydrogen-bond acceptors (Lipinski definition) is 6. The maximum Gasteiger partial charge on any atom is 0.262 e. The molecule has 0 fully saturated rings. The van der Waals surface area contributed by atoms with Crippen molar-refractivity contribution < 1.29 is 13.2 Å². The number of nitrogens with one attached hydrogen (secondary N) is 2. The van der Waals surface area contributed by atoms with E-state index in [0.29, 0.717) is 21.9 Å². The van der Waals surface area contributed by atoms with Gasteiger partial charge in [-0.05, 0) is 24.3 Å². The minimum absolute atomic E-state index is 0.184. The number of nitrogens with zero attached hydrogens (tertiary/aromatic N) is 2. The van der Waals surface area contributed by atoms with E-state index in [-0.39, 0.29) is 16.1 Å². The van der Waals surface area contributed by atoms with E-state index in [1.54, 1.807) is 30.3 Å². The molecular formula is C23H21BrN4O3S2. The number of alkyl halides is 1. The standard InChI is InChI=1S/C23H21BrN4O3S2/c1-28(2)20-10-4-9-18-17(20)8-5-11-21(18)33(30,31)27-16-7-3-6-15(12-16)19-14-32-23(25-19)26-22(29)13-24/h3-12,14,27H,13H2,1-2H3,(H,25,26,29). The molecule has 1 amide bonds. The number of fused-ring (bicyclic) bond motifs is 1. The van der Waals surface area contributed by atoms with Gasteiger partial charge in [-0.25, -0.2) is 13.4 Å². The topological polar surface area (TPSA) is 91.4 Å². The van der Waals surface area contributed by atoms with Crippen LogP contribution in [0.3, 0.4) is 0 Å². The van der Waals surface area contributed by atoms with Gasteiger partial charge in [-0.1, -0.05) is 52.3 Å². The highest BCUT2D eigenvalue weighted by Gasteiger charge is 2.19.